The Morgan fingerprint density at radius 3 is 2.35 bits per heavy atom. The van der Waals surface area contributed by atoms with Gasteiger partial charge in [0.15, 0.2) is 0 Å². The maximum absolute atomic E-state index is 6.03. The van der Waals surface area contributed by atoms with Crippen LogP contribution in [0.2, 0.25) is 0 Å². The molecule has 1 fully saturated rings. The summed E-state index contributed by atoms with van der Waals surface area (Å²) in [6.45, 7) is 0.624. The largest absolute Gasteiger partial charge is 0.489 e. The molecule has 1 saturated carbocycles. The second-order valence-corrected chi connectivity index (χ2v) is 6.79. The maximum Gasteiger partial charge on any atom is 0.120 e. The molecule has 1 aliphatic rings. The highest BCUT2D eigenvalue weighted by molar-refractivity contribution is 5.34. The SMILES string of the molecule is CN(C)C1(c2cccc(OCc3ccccc3)c2)CCCCC1. The van der Waals surface area contributed by atoms with Crippen molar-refractivity contribution in [2.24, 2.45) is 0 Å². The van der Waals surface area contributed by atoms with E-state index in [-0.39, 0.29) is 5.54 Å². The van der Waals surface area contributed by atoms with Crippen molar-refractivity contribution in [2.75, 3.05) is 14.1 Å². The van der Waals surface area contributed by atoms with E-state index in [1.165, 1.54) is 43.2 Å². The lowest BCUT2D eigenvalue weighted by atomic mass is 9.75. The van der Waals surface area contributed by atoms with E-state index in [0.717, 1.165) is 5.75 Å². The van der Waals surface area contributed by atoms with Gasteiger partial charge in [-0.05, 0) is 50.2 Å². The zero-order valence-corrected chi connectivity index (χ0v) is 14.3. The summed E-state index contributed by atoms with van der Waals surface area (Å²) < 4.78 is 6.03. The van der Waals surface area contributed by atoms with Crippen LogP contribution in [0.15, 0.2) is 54.6 Å². The Hall–Kier alpha value is -1.80. The summed E-state index contributed by atoms with van der Waals surface area (Å²) in [5, 5.41) is 0. The summed E-state index contributed by atoms with van der Waals surface area (Å²) in [5.41, 5.74) is 2.77. The van der Waals surface area contributed by atoms with Crippen LogP contribution in [0.25, 0.3) is 0 Å². The van der Waals surface area contributed by atoms with Crippen LogP contribution >= 0.6 is 0 Å². The molecule has 0 unspecified atom stereocenters. The van der Waals surface area contributed by atoms with Crippen molar-refractivity contribution in [1.29, 1.82) is 0 Å². The predicted molar refractivity (Wildman–Crippen MR) is 95.7 cm³/mol. The Kier molecular flexibility index (Phi) is 5.02. The Balaban J connectivity index is 1.78. The van der Waals surface area contributed by atoms with Crippen molar-refractivity contribution < 1.29 is 4.74 Å². The molecule has 0 atom stereocenters. The third-order valence-electron chi connectivity index (χ3n) is 5.16. The van der Waals surface area contributed by atoms with Crippen LogP contribution in [0.1, 0.15) is 43.2 Å². The quantitative estimate of drug-likeness (QED) is 0.772. The zero-order chi connectivity index (χ0) is 16.1. The van der Waals surface area contributed by atoms with Gasteiger partial charge >= 0.3 is 0 Å². The Morgan fingerprint density at radius 2 is 1.65 bits per heavy atom. The topological polar surface area (TPSA) is 12.5 Å². The van der Waals surface area contributed by atoms with Crippen molar-refractivity contribution in [3.63, 3.8) is 0 Å². The standard InChI is InChI=1S/C21H27NO/c1-22(2)21(14-7-4-8-15-21)19-12-9-13-20(16-19)23-17-18-10-5-3-6-11-18/h3,5-6,9-13,16H,4,7-8,14-15,17H2,1-2H3. The molecule has 23 heavy (non-hydrogen) atoms. The fraction of sp³-hybridized carbons (Fsp3) is 0.429. The second kappa shape index (κ2) is 7.18. The van der Waals surface area contributed by atoms with Crippen molar-refractivity contribution in [3.8, 4) is 5.75 Å². The number of hydrogen-bond donors (Lipinski definition) is 0. The lowest BCUT2D eigenvalue weighted by Crippen LogP contribution is -2.43. The van der Waals surface area contributed by atoms with Gasteiger partial charge in [0.25, 0.3) is 0 Å². The van der Waals surface area contributed by atoms with Gasteiger partial charge < -0.3 is 4.74 Å². The smallest absolute Gasteiger partial charge is 0.120 e. The molecule has 0 saturated heterocycles. The highest BCUT2D eigenvalue weighted by Gasteiger charge is 2.36. The molecular weight excluding hydrogens is 282 g/mol. The summed E-state index contributed by atoms with van der Waals surface area (Å²) in [7, 11) is 4.42. The number of nitrogens with zero attached hydrogens (tertiary/aromatic N) is 1. The average molecular weight is 309 g/mol. The molecule has 122 valence electrons. The van der Waals surface area contributed by atoms with Crippen LogP contribution in [-0.2, 0) is 12.1 Å². The highest BCUT2D eigenvalue weighted by atomic mass is 16.5. The molecule has 0 spiro atoms. The lowest BCUT2D eigenvalue weighted by molar-refractivity contribution is 0.0984. The third-order valence-corrected chi connectivity index (χ3v) is 5.16. The summed E-state index contributed by atoms with van der Waals surface area (Å²) >= 11 is 0. The van der Waals surface area contributed by atoms with Gasteiger partial charge in [-0.2, -0.15) is 0 Å². The van der Waals surface area contributed by atoms with Gasteiger partial charge in [-0.15, -0.1) is 0 Å². The molecule has 2 aromatic rings. The maximum atomic E-state index is 6.03. The first-order valence-corrected chi connectivity index (χ1v) is 8.65. The molecule has 0 aromatic heterocycles. The van der Waals surface area contributed by atoms with Crippen LogP contribution in [0, 0.1) is 0 Å². The molecule has 2 nitrogen and oxygen atoms in total. The molecule has 0 aliphatic heterocycles. The van der Waals surface area contributed by atoms with E-state index in [9.17, 15) is 0 Å². The van der Waals surface area contributed by atoms with Gasteiger partial charge in [0.1, 0.15) is 12.4 Å². The van der Waals surface area contributed by atoms with Crippen molar-refractivity contribution in [2.45, 2.75) is 44.2 Å². The van der Waals surface area contributed by atoms with Gasteiger partial charge in [-0.25, -0.2) is 0 Å². The second-order valence-electron chi connectivity index (χ2n) is 6.79. The monoisotopic (exact) mass is 309 g/mol. The van der Waals surface area contributed by atoms with Crippen molar-refractivity contribution >= 4 is 0 Å². The van der Waals surface area contributed by atoms with Gasteiger partial charge in [0.2, 0.25) is 0 Å². The first-order chi connectivity index (χ1) is 11.2. The Bertz CT molecular complexity index is 615. The molecule has 2 heteroatoms. The molecule has 2 aromatic carbocycles. The summed E-state index contributed by atoms with van der Waals surface area (Å²) in [6, 6.07) is 19.1. The molecule has 0 N–H and O–H groups in total. The van der Waals surface area contributed by atoms with Crippen LogP contribution in [0.4, 0.5) is 0 Å². The number of rotatable bonds is 5. The van der Waals surface area contributed by atoms with Gasteiger partial charge in [0.05, 0.1) is 0 Å². The summed E-state index contributed by atoms with van der Waals surface area (Å²) in [5.74, 6) is 0.971. The first kappa shape index (κ1) is 16.1. The molecule has 0 amide bonds. The van der Waals surface area contributed by atoms with Crippen LogP contribution in [0.5, 0.6) is 5.75 Å². The fourth-order valence-corrected chi connectivity index (χ4v) is 3.75. The summed E-state index contributed by atoms with van der Waals surface area (Å²) in [6.07, 6.45) is 6.46. The Morgan fingerprint density at radius 1 is 0.913 bits per heavy atom. The van der Waals surface area contributed by atoms with E-state index >= 15 is 0 Å². The molecule has 3 rings (SSSR count). The van der Waals surface area contributed by atoms with E-state index in [0.29, 0.717) is 6.61 Å². The van der Waals surface area contributed by atoms with E-state index in [2.05, 4.69) is 67.5 Å². The van der Waals surface area contributed by atoms with E-state index < -0.39 is 0 Å². The zero-order valence-electron chi connectivity index (χ0n) is 14.3. The molecule has 1 aliphatic carbocycles. The first-order valence-electron chi connectivity index (χ1n) is 8.65. The van der Waals surface area contributed by atoms with Gasteiger partial charge in [-0.3, -0.25) is 4.90 Å². The summed E-state index contributed by atoms with van der Waals surface area (Å²) in [4.78, 5) is 2.41. The van der Waals surface area contributed by atoms with Gasteiger partial charge in [0, 0.05) is 5.54 Å². The van der Waals surface area contributed by atoms with E-state index in [4.69, 9.17) is 4.74 Å². The van der Waals surface area contributed by atoms with E-state index in [1.807, 2.05) is 6.07 Å². The molecule has 0 radical (unpaired) electrons. The normalized spacial score (nSPS) is 17.2. The van der Waals surface area contributed by atoms with Crippen LogP contribution < -0.4 is 4.74 Å². The molecule has 0 bridgehead atoms. The average Bonchev–Trinajstić information content (AvgIpc) is 2.61. The fourth-order valence-electron chi connectivity index (χ4n) is 3.75. The minimum absolute atomic E-state index is 0.171. The predicted octanol–water partition coefficient (Wildman–Crippen LogP) is 4.99. The lowest BCUT2D eigenvalue weighted by Gasteiger charge is -2.43. The van der Waals surface area contributed by atoms with Gasteiger partial charge in [-0.1, -0.05) is 61.7 Å². The van der Waals surface area contributed by atoms with E-state index in [1.54, 1.807) is 0 Å². The number of hydrogen-bond acceptors (Lipinski definition) is 2. The van der Waals surface area contributed by atoms with Crippen molar-refractivity contribution in [1.82, 2.24) is 4.90 Å². The number of ether oxygens (including phenoxy) is 1. The van der Waals surface area contributed by atoms with Crippen LogP contribution in [0.3, 0.4) is 0 Å². The number of benzene rings is 2. The highest BCUT2D eigenvalue weighted by Crippen LogP contribution is 2.41. The van der Waals surface area contributed by atoms with Crippen molar-refractivity contribution in [3.05, 3.63) is 65.7 Å². The minimum Gasteiger partial charge on any atom is -0.489 e. The Labute approximate surface area is 140 Å². The molecule has 0 heterocycles. The minimum atomic E-state index is 0.171. The molecular formula is C21H27NO. The van der Waals surface area contributed by atoms with Crippen LogP contribution in [-0.4, -0.2) is 19.0 Å². The third kappa shape index (κ3) is 3.59.